The van der Waals surface area contributed by atoms with Gasteiger partial charge in [-0.15, -0.1) is 0 Å². The van der Waals surface area contributed by atoms with E-state index in [0.717, 1.165) is 10.8 Å². The second kappa shape index (κ2) is 4.98. The Morgan fingerprint density at radius 1 is 1.65 bits per heavy atom. The summed E-state index contributed by atoms with van der Waals surface area (Å²) in [5.74, 6) is -1.20. The molecule has 2 aromatic heterocycles. The van der Waals surface area contributed by atoms with Crippen LogP contribution in [0, 0.1) is 17.1 Å². The van der Waals surface area contributed by atoms with E-state index in [9.17, 15) is 23.8 Å². The summed E-state index contributed by atoms with van der Waals surface area (Å²) in [5.41, 5.74) is 2.11. The predicted molar refractivity (Wildman–Crippen MR) is 71.2 cm³/mol. The molecule has 1 fully saturated rings. The van der Waals surface area contributed by atoms with Crippen LogP contribution in [-0.4, -0.2) is 49.2 Å². The normalized spacial score (nSPS) is 30.7. The number of halogens is 2. The predicted octanol–water partition coefficient (Wildman–Crippen LogP) is -1.07. The first-order valence-corrected chi connectivity index (χ1v) is 6.42. The summed E-state index contributed by atoms with van der Waals surface area (Å²) in [6.07, 6.45) is -5.02. The molecule has 122 valence electrons. The zero-order chi connectivity index (χ0) is 16.9. The van der Waals surface area contributed by atoms with Crippen LogP contribution in [-0.2, 0) is 4.74 Å². The second-order valence-electron chi connectivity index (χ2n) is 5.10. The first-order valence-electron chi connectivity index (χ1n) is 6.42. The van der Waals surface area contributed by atoms with Gasteiger partial charge in [-0.3, -0.25) is 9.55 Å². The molecule has 3 rings (SSSR count). The molecule has 0 saturated carbocycles. The highest BCUT2D eigenvalue weighted by molar-refractivity contribution is 5.86. The minimum Gasteiger partial charge on any atom is -0.392 e. The van der Waals surface area contributed by atoms with Crippen LogP contribution in [0.15, 0.2) is 11.0 Å². The maximum Gasteiger partial charge on any atom is 0.348 e. The van der Waals surface area contributed by atoms with Gasteiger partial charge in [-0.25, -0.2) is 13.6 Å². The number of nitrogens with zero attached hydrogens (tertiary/aromatic N) is 3. The highest BCUT2D eigenvalue weighted by Gasteiger charge is 2.56. The van der Waals surface area contributed by atoms with Gasteiger partial charge in [-0.2, -0.15) is 10.2 Å². The minimum atomic E-state index is -2.20. The fourth-order valence-electron chi connectivity index (χ4n) is 2.57. The Labute approximate surface area is 126 Å². The van der Waals surface area contributed by atoms with Crippen LogP contribution >= 0.6 is 0 Å². The van der Waals surface area contributed by atoms with Gasteiger partial charge in [0.2, 0.25) is 5.60 Å². The number of alkyl halides is 1. The lowest BCUT2D eigenvalue weighted by Gasteiger charge is -2.21. The molecule has 0 bridgehead atoms. The quantitative estimate of drug-likeness (QED) is 0.548. The fourth-order valence-corrected chi connectivity index (χ4v) is 2.57. The molecule has 4 atom stereocenters. The Bertz CT molecular complexity index is 875. The first-order chi connectivity index (χ1) is 10.8. The molecule has 1 aliphatic heterocycles. The molecule has 0 aliphatic carbocycles. The van der Waals surface area contributed by atoms with Gasteiger partial charge in [0.1, 0.15) is 18.0 Å². The van der Waals surface area contributed by atoms with Crippen LogP contribution < -0.4 is 11.4 Å². The average molecular weight is 327 g/mol. The van der Waals surface area contributed by atoms with Crippen molar-refractivity contribution >= 4 is 16.9 Å². The Kier molecular flexibility index (Phi) is 3.33. The van der Waals surface area contributed by atoms with E-state index < -0.39 is 42.2 Å². The Morgan fingerprint density at radius 3 is 2.91 bits per heavy atom. The number of hydrogen-bond acceptors (Lipinski definition) is 7. The number of nitrogens with two attached hydrogens (primary N) is 1. The smallest absolute Gasteiger partial charge is 0.348 e. The van der Waals surface area contributed by atoms with Crippen molar-refractivity contribution in [1.82, 2.24) is 14.5 Å². The van der Waals surface area contributed by atoms with Crippen molar-refractivity contribution in [2.24, 2.45) is 0 Å². The second-order valence-corrected chi connectivity index (χ2v) is 5.10. The van der Waals surface area contributed by atoms with Crippen molar-refractivity contribution in [3.8, 4) is 6.07 Å². The summed E-state index contributed by atoms with van der Waals surface area (Å²) >= 11 is 0. The van der Waals surface area contributed by atoms with Gasteiger partial charge in [0.15, 0.2) is 23.9 Å². The average Bonchev–Trinajstić information content (AvgIpc) is 2.96. The summed E-state index contributed by atoms with van der Waals surface area (Å²) in [5, 5.41) is 27.8. The molecule has 1 saturated heterocycles. The molecule has 9 nitrogen and oxygen atoms in total. The third-order valence-corrected chi connectivity index (χ3v) is 3.76. The number of fused-ring (bicyclic) bond motifs is 1. The fraction of sp³-hybridized carbons (Fsp3) is 0.417. The number of H-pyrrole nitrogens is 1. The molecular formula is C12H11F2N5O4. The number of nitriles is 1. The number of aliphatic hydroxyl groups excluding tert-OH is 2. The molecule has 0 aromatic carbocycles. The summed E-state index contributed by atoms with van der Waals surface area (Å²) in [4.78, 5) is 17.0. The van der Waals surface area contributed by atoms with Crippen LogP contribution in [0.1, 0.15) is 6.23 Å². The van der Waals surface area contributed by atoms with Gasteiger partial charge >= 0.3 is 5.69 Å². The van der Waals surface area contributed by atoms with Crippen LogP contribution in [0.2, 0.25) is 0 Å². The van der Waals surface area contributed by atoms with E-state index in [0.29, 0.717) is 0 Å². The molecule has 1 aliphatic rings. The maximum absolute atomic E-state index is 14.3. The van der Waals surface area contributed by atoms with E-state index in [4.69, 9.17) is 15.7 Å². The lowest BCUT2D eigenvalue weighted by Crippen LogP contribution is -2.44. The molecule has 0 unspecified atom stereocenters. The number of hydrogen-bond donors (Lipinski definition) is 4. The van der Waals surface area contributed by atoms with Crippen LogP contribution in [0.25, 0.3) is 11.0 Å². The number of aromatic amines is 1. The number of anilines is 1. The van der Waals surface area contributed by atoms with Crippen LogP contribution in [0.5, 0.6) is 0 Å². The SMILES string of the molecule is N#C[C@]1(CO)O[C@@H](n2cc(F)c3c(N)[nH]c(=O)nc32)[C@@H](F)[C@@H]1O. The van der Waals surface area contributed by atoms with Gasteiger partial charge in [0.25, 0.3) is 0 Å². The summed E-state index contributed by atoms with van der Waals surface area (Å²) in [7, 11) is 0. The number of nitrogen functional groups attached to an aromatic ring is 1. The van der Waals surface area contributed by atoms with Crippen molar-refractivity contribution in [3.63, 3.8) is 0 Å². The van der Waals surface area contributed by atoms with Crippen molar-refractivity contribution in [3.05, 3.63) is 22.5 Å². The monoisotopic (exact) mass is 327 g/mol. The number of aliphatic hydroxyl groups is 2. The third-order valence-electron chi connectivity index (χ3n) is 3.76. The van der Waals surface area contributed by atoms with Gasteiger partial charge < -0.3 is 20.7 Å². The number of rotatable bonds is 2. The molecule has 2 aromatic rings. The van der Waals surface area contributed by atoms with Crippen molar-refractivity contribution in [2.75, 3.05) is 12.3 Å². The van der Waals surface area contributed by atoms with Gasteiger partial charge in [0.05, 0.1) is 12.0 Å². The van der Waals surface area contributed by atoms with Crippen LogP contribution in [0.4, 0.5) is 14.6 Å². The Hall–Kier alpha value is -2.55. The largest absolute Gasteiger partial charge is 0.392 e. The summed E-state index contributed by atoms with van der Waals surface area (Å²) < 4.78 is 34.3. The first kappa shape index (κ1) is 15.3. The number of aromatic nitrogens is 3. The Morgan fingerprint density at radius 2 is 2.35 bits per heavy atom. The number of nitrogens with one attached hydrogen (secondary N) is 1. The molecule has 23 heavy (non-hydrogen) atoms. The standard InChI is InChI=1S/C12H11F2N5O4/c13-4-1-19(9-5(4)8(16)17-11(22)18-9)10-6(14)7(21)12(2-15,3-20)23-10/h1,6-7,10,20-21H,3H2,(H3,16,17,18,22)/t6-,7-,10+,12+/m0/s1. The van der Waals surface area contributed by atoms with E-state index in [1.54, 1.807) is 0 Å². The zero-order valence-corrected chi connectivity index (χ0v) is 11.4. The molecule has 11 heteroatoms. The highest BCUT2D eigenvalue weighted by Crippen LogP contribution is 2.40. The van der Waals surface area contributed by atoms with Crippen molar-refractivity contribution in [2.45, 2.75) is 24.1 Å². The van der Waals surface area contributed by atoms with E-state index >= 15 is 0 Å². The summed E-state index contributed by atoms with van der Waals surface area (Å²) in [6, 6.07) is 1.50. The van der Waals surface area contributed by atoms with Gasteiger partial charge in [-0.1, -0.05) is 0 Å². The number of ether oxygens (including phenoxy) is 1. The van der Waals surface area contributed by atoms with Crippen molar-refractivity contribution < 1.29 is 23.7 Å². The van der Waals surface area contributed by atoms with E-state index in [1.807, 2.05) is 0 Å². The van der Waals surface area contributed by atoms with Gasteiger partial charge in [0, 0.05) is 6.20 Å². The molecule has 0 radical (unpaired) electrons. The van der Waals surface area contributed by atoms with Crippen LogP contribution in [0.3, 0.4) is 0 Å². The van der Waals surface area contributed by atoms with E-state index in [-0.39, 0.29) is 16.9 Å². The van der Waals surface area contributed by atoms with E-state index in [2.05, 4.69) is 9.97 Å². The lowest BCUT2D eigenvalue weighted by atomic mass is 9.99. The topological polar surface area (TPSA) is 150 Å². The zero-order valence-electron chi connectivity index (χ0n) is 11.4. The minimum absolute atomic E-state index is 0.256. The third kappa shape index (κ3) is 2.00. The molecule has 5 N–H and O–H groups in total. The highest BCUT2D eigenvalue weighted by atomic mass is 19.1. The van der Waals surface area contributed by atoms with Gasteiger partial charge in [-0.05, 0) is 0 Å². The maximum atomic E-state index is 14.3. The Balaban J connectivity index is 2.19. The lowest BCUT2D eigenvalue weighted by molar-refractivity contribution is -0.0912. The molecule has 0 spiro atoms. The van der Waals surface area contributed by atoms with E-state index in [1.165, 1.54) is 6.07 Å². The molecular weight excluding hydrogens is 316 g/mol. The molecule has 0 amide bonds. The summed E-state index contributed by atoms with van der Waals surface area (Å²) in [6.45, 7) is -0.973. The van der Waals surface area contributed by atoms with Crippen molar-refractivity contribution in [1.29, 1.82) is 5.26 Å². The molecule has 3 heterocycles.